The lowest BCUT2D eigenvalue weighted by Gasteiger charge is -2.18. The molecule has 1 heterocycles. The van der Waals surface area contributed by atoms with Crippen LogP contribution in [0, 0.1) is 0 Å². The SMILES string of the molecule is CCCc1nccn1-c1cccc(OC)c1C(C)N. The van der Waals surface area contributed by atoms with Crippen LogP contribution in [0.4, 0.5) is 0 Å². The molecule has 0 fully saturated rings. The maximum Gasteiger partial charge on any atom is 0.125 e. The maximum atomic E-state index is 6.11. The Morgan fingerprint density at radius 2 is 2.21 bits per heavy atom. The highest BCUT2D eigenvalue weighted by atomic mass is 16.5. The van der Waals surface area contributed by atoms with Crippen LogP contribution in [0.25, 0.3) is 5.69 Å². The number of nitrogens with zero attached hydrogens (tertiary/aromatic N) is 2. The average Bonchev–Trinajstić information content (AvgIpc) is 2.86. The van der Waals surface area contributed by atoms with Crippen molar-refractivity contribution in [3.8, 4) is 11.4 Å². The van der Waals surface area contributed by atoms with Crippen LogP contribution in [0.1, 0.15) is 37.7 Å². The molecular formula is C15H21N3O. The van der Waals surface area contributed by atoms with Gasteiger partial charge in [-0.2, -0.15) is 0 Å². The molecule has 1 unspecified atom stereocenters. The molecular weight excluding hydrogens is 238 g/mol. The molecule has 0 saturated heterocycles. The number of nitrogens with two attached hydrogens (primary N) is 1. The quantitative estimate of drug-likeness (QED) is 0.898. The third-order valence-corrected chi connectivity index (χ3v) is 3.17. The van der Waals surface area contributed by atoms with Crippen LogP contribution in [0.15, 0.2) is 30.6 Å². The summed E-state index contributed by atoms with van der Waals surface area (Å²) < 4.78 is 7.53. The molecule has 2 rings (SSSR count). The number of hydrogen-bond donors (Lipinski definition) is 1. The molecule has 0 spiro atoms. The van der Waals surface area contributed by atoms with Crippen LogP contribution in [0.5, 0.6) is 5.75 Å². The van der Waals surface area contributed by atoms with Crippen LogP contribution < -0.4 is 10.5 Å². The number of ether oxygens (including phenoxy) is 1. The number of imidazole rings is 1. The highest BCUT2D eigenvalue weighted by Gasteiger charge is 2.16. The highest BCUT2D eigenvalue weighted by Crippen LogP contribution is 2.30. The van der Waals surface area contributed by atoms with Crippen LogP contribution >= 0.6 is 0 Å². The number of methoxy groups -OCH3 is 1. The summed E-state index contributed by atoms with van der Waals surface area (Å²) in [4.78, 5) is 4.42. The molecule has 0 saturated carbocycles. The first-order valence-electron chi connectivity index (χ1n) is 6.64. The fourth-order valence-electron chi connectivity index (χ4n) is 2.34. The van der Waals surface area contributed by atoms with Crippen LogP contribution in [0.2, 0.25) is 0 Å². The molecule has 4 heteroatoms. The van der Waals surface area contributed by atoms with Crippen LogP contribution in [0.3, 0.4) is 0 Å². The van der Waals surface area contributed by atoms with E-state index in [9.17, 15) is 0 Å². The summed E-state index contributed by atoms with van der Waals surface area (Å²) in [5, 5.41) is 0. The Morgan fingerprint density at radius 3 is 2.84 bits per heavy atom. The van der Waals surface area contributed by atoms with Gasteiger partial charge in [-0.05, 0) is 25.5 Å². The zero-order chi connectivity index (χ0) is 13.8. The smallest absolute Gasteiger partial charge is 0.125 e. The topological polar surface area (TPSA) is 53.1 Å². The van der Waals surface area contributed by atoms with Gasteiger partial charge >= 0.3 is 0 Å². The first-order chi connectivity index (χ1) is 9.19. The number of benzene rings is 1. The van der Waals surface area contributed by atoms with Crippen molar-refractivity contribution in [1.82, 2.24) is 9.55 Å². The Labute approximate surface area is 114 Å². The van der Waals surface area contributed by atoms with E-state index in [1.807, 2.05) is 31.5 Å². The molecule has 0 aliphatic heterocycles. The molecule has 19 heavy (non-hydrogen) atoms. The number of aromatic nitrogens is 2. The molecule has 0 aliphatic rings. The van der Waals surface area contributed by atoms with Crippen molar-refractivity contribution >= 4 is 0 Å². The predicted octanol–water partition coefficient (Wildman–Crippen LogP) is 2.85. The van der Waals surface area contributed by atoms with E-state index in [1.54, 1.807) is 7.11 Å². The summed E-state index contributed by atoms with van der Waals surface area (Å²) in [6.07, 6.45) is 5.82. The van der Waals surface area contributed by atoms with E-state index < -0.39 is 0 Å². The van der Waals surface area contributed by atoms with Crippen molar-refractivity contribution in [2.45, 2.75) is 32.7 Å². The van der Waals surface area contributed by atoms with Crippen molar-refractivity contribution in [3.63, 3.8) is 0 Å². The standard InChI is InChI=1S/C15H21N3O/c1-4-6-14-17-9-10-18(14)12-7-5-8-13(19-3)15(12)11(2)16/h5,7-11H,4,6,16H2,1-3H3. The second-order valence-electron chi connectivity index (χ2n) is 4.65. The predicted molar refractivity (Wildman–Crippen MR) is 76.7 cm³/mol. The van der Waals surface area contributed by atoms with E-state index in [0.29, 0.717) is 0 Å². The molecule has 0 bridgehead atoms. The average molecular weight is 259 g/mol. The third kappa shape index (κ3) is 2.63. The van der Waals surface area contributed by atoms with Crippen molar-refractivity contribution < 1.29 is 4.74 Å². The summed E-state index contributed by atoms with van der Waals surface area (Å²) >= 11 is 0. The second-order valence-corrected chi connectivity index (χ2v) is 4.65. The number of rotatable bonds is 5. The van der Waals surface area contributed by atoms with Gasteiger partial charge in [-0.3, -0.25) is 0 Å². The molecule has 2 N–H and O–H groups in total. The van der Waals surface area contributed by atoms with Gasteiger partial charge in [0.1, 0.15) is 11.6 Å². The molecule has 1 aromatic heterocycles. The second kappa shape index (κ2) is 5.89. The Bertz CT molecular complexity index is 546. The fourth-order valence-corrected chi connectivity index (χ4v) is 2.34. The van der Waals surface area contributed by atoms with E-state index in [2.05, 4.69) is 22.5 Å². The molecule has 0 aliphatic carbocycles. The lowest BCUT2D eigenvalue weighted by atomic mass is 10.0. The minimum Gasteiger partial charge on any atom is -0.496 e. The van der Waals surface area contributed by atoms with Crippen LogP contribution in [-0.4, -0.2) is 16.7 Å². The van der Waals surface area contributed by atoms with E-state index in [1.165, 1.54) is 0 Å². The Morgan fingerprint density at radius 1 is 1.42 bits per heavy atom. The Hall–Kier alpha value is -1.81. The van der Waals surface area contributed by atoms with E-state index >= 15 is 0 Å². The van der Waals surface area contributed by atoms with Gasteiger partial charge in [-0.25, -0.2) is 4.98 Å². The molecule has 0 amide bonds. The lowest BCUT2D eigenvalue weighted by Crippen LogP contribution is -2.12. The van der Waals surface area contributed by atoms with E-state index in [-0.39, 0.29) is 6.04 Å². The summed E-state index contributed by atoms with van der Waals surface area (Å²) in [7, 11) is 1.67. The molecule has 1 atom stereocenters. The van der Waals surface area contributed by atoms with Gasteiger partial charge in [0.05, 0.1) is 12.8 Å². The summed E-state index contributed by atoms with van der Waals surface area (Å²) in [5.41, 5.74) is 8.17. The Balaban J connectivity index is 2.58. The molecule has 4 nitrogen and oxygen atoms in total. The normalized spacial score (nSPS) is 12.4. The summed E-state index contributed by atoms with van der Waals surface area (Å²) in [5.74, 6) is 1.88. The molecule has 2 aromatic rings. The van der Waals surface area contributed by atoms with Gasteiger partial charge in [0.15, 0.2) is 0 Å². The van der Waals surface area contributed by atoms with Crippen molar-refractivity contribution in [3.05, 3.63) is 42.0 Å². The zero-order valence-corrected chi connectivity index (χ0v) is 11.8. The maximum absolute atomic E-state index is 6.11. The Kier molecular flexibility index (Phi) is 4.22. The van der Waals surface area contributed by atoms with Gasteiger partial charge in [0.25, 0.3) is 0 Å². The first kappa shape index (κ1) is 13.6. The van der Waals surface area contributed by atoms with E-state index in [4.69, 9.17) is 10.5 Å². The van der Waals surface area contributed by atoms with Crippen molar-refractivity contribution in [1.29, 1.82) is 0 Å². The van der Waals surface area contributed by atoms with Crippen molar-refractivity contribution in [2.24, 2.45) is 5.73 Å². The monoisotopic (exact) mass is 259 g/mol. The van der Waals surface area contributed by atoms with Gasteiger partial charge < -0.3 is 15.0 Å². The molecule has 0 radical (unpaired) electrons. The third-order valence-electron chi connectivity index (χ3n) is 3.17. The van der Waals surface area contributed by atoms with Gasteiger partial charge in [-0.15, -0.1) is 0 Å². The number of aryl methyl sites for hydroxylation is 1. The largest absolute Gasteiger partial charge is 0.496 e. The lowest BCUT2D eigenvalue weighted by molar-refractivity contribution is 0.406. The van der Waals surface area contributed by atoms with E-state index in [0.717, 1.165) is 35.7 Å². The van der Waals surface area contributed by atoms with Crippen LogP contribution in [-0.2, 0) is 6.42 Å². The van der Waals surface area contributed by atoms with Gasteiger partial charge in [0.2, 0.25) is 0 Å². The summed E-state index contributed by atoms with van der Waals surface area (Å²) in [6.45, 7) is 4.12. The van der Waals surface area contributed by atoms with Gasteiger partial charge in [-0.1, -0.05) is 13.0 Å². The fraction of sp³-hybridized carbons (Fsp3) is 0.400. The minimum absolute atomic E-state index is 0.0944. The zero-order valence-electron chi connectivity index (χ0n) is 11.8. The molecule has 1 aromatic carbocycles. The summed E-state index contributed by atoms with van der Waals surface area (Å²) in [6, 6.07) is 5.89. The van der Waals surface area contributed by atoms with Crippen molar-refractivity contribution in [2.75, 3.05) is 7.11 Å². The first-order valence-corrected chi connectivity index (χ1v) is 6.64. The molecule has 102 valence electrons. The highest BCUT2D eigenvalue weighted by molar-refractivity contribution is 5.52. The number of hydrogen-bond acceptors (Lipinski definition) is 3. The minimum atomic E-state index is -0.0944. The van der Waals surface area contributed by atoms with Gasteiger partial charge in [0, 0.05) is 30.4 Å².